The minimum absolute atomic E-state index is 0.208. The highest BCUT2D eigenvalue weighted by molar-refractivity contribution is 6.01. The van der Waals surface area contributed by atoms with Crippen molar-refractivity contribution in [1.82, 2.24) is 15.1 Å². The Labute approximate surface area is 85.3 Å². The standard InChI is InChI=1S/C9H8N4O2/c1-6-5-7(13-15-6)8(14)12-9-10-3-2-4-11-9/h2-5H,1H3,(H,10,11,12,14). The molecule has 0 fully saturated rings. The van der Waals surface area contributed by atoms with Crippen LogP contribution in [0, 0.1) is 6.92 Å². The number of rotatable bonds is 2. The lowest BCUT2D eigenvalue weighted by molar-refractivity contribution is 0.101. The molecule has 76 valence electrons. The number of nitrogens with zero attached hydrogens (tertiary/aromatic N) is 3. The zero-order chi connectivity index (χ0) is 10.7. The van der Waals surface area contributed by atoms with Crippen molar-refractivity contribution in [2.45, 2.75) is 6.92 Å². The van der Waals surface area contributed by atoms with Gasteiger partial charge in [-0.05, 0) is 13.0 Å². The molecule has 0 bridgehead atoms. The molecule has 0 unspecified atom stereocenters. The van der Waals surface area contributed by atoms with Crippen LogP contribution in [-0.4, -0.2) is 21.0 Å². The van der Waals surface area contributed by atoms with E-state index in [4.69, 9.17) is 4.52 Å². The maximum Gasteiger partial charge on any atom is 0.280 e. The van der Waals surface area contributed by atoms with Gasteiger partial charge < -0.3 is 4.52 Å². The highest BCUT2D eigenvalue weighted by Crippen LogP contribution is 2.04. The van der Waals surface area contributed by atoms with Gasteiger partial charge in [0.05, 0.1) is 0 Å². The Hall–Kier alpha value is -2.24. The number of aromatic nitrogens is 3. The molecule has 0 spiro atoms. The zero-order valence-corrected chi connectivity index (χ0v) is 7.97. The quantitative estimate of drug-likeness (QED) is 0.789. The molecule has 0 saturated carbocycles. The first-order valence-electron chi connectivity index (χ1n) is 4.27. The topological polar surface area (TPSA) is 80.9 Å². The molecule has 0 radical (unpaired) electrons. The van der Waals surface area contributed by atoms with Crippen molar-refractivity contribution in [3.63, 3.8) is 0 Å². The van der Waals surface area contributed by atoms with E-state index >= 15 is 0 Å². The predicted molar refractivity (Wildman–Crippen MR) is 51.2 cm³/mol. The molecule has 1 N–H and O–H groups in total. The molecular formula is C9H8N4O2. The Morgan fingerprint density at radius 2 is 2.13 bits per heavy atom. The highest BCUT2D eigenvalue weighted by atomic mass is 16.5. The minimum Gasteiger partial charge on any atom is -0.361 e. The number of nitrogens with one attached hydrogen (secondary N) is 1. The van der Waals surface area contributed by atoms with Crippen LogP contribution in [0.3, 0.4) is 0 Å². The van der Waals surface area contributed by atoms with Gasteiger partial charge in [-0.1, -0.05) is 5.16 Å². The summed E-state index contributed by atoms with van der Waals surface area (Å²) >= 11 is 0. The molecule has 2 heterocycles. The van der Waals surface area contributed by atoms with Crippen LogP contribution in [0.2, 0.25) is 0 Å². The molecule has 0 saturated heterocycles. The Bertz CT molecular complexity index is 466. The van der Waals surface area contributed by atoms with Crippen LogP contribution in [0.4, 0.5) is 5.95 Å². The zero-order valence-electron chi connectivity index (χ0n) is 7.97. The summed E-state index contributed by atoms with van der Waals surface area (Å²) in [5.74, 6) is 0.426. The predicted octanol–water partition coefficient (Wildman–Crippen LogP) is 1.03. The van der Waals surface area contributed by atoms with E-state index in [2.05, 4.69) is 20.4 Å². The number of carbonyl (C=O) groups excluding carboxylic acids is 1. The summed E-state index contributed by atoms with van der Waals surface area (Å²) in [6.07, 6.45) is 3.08. The molecule has 6 heteroatoms. The Morgan fingerprint density at radius 1 is 1.40 bits per heavy atom. The van der Waals surface area contributed by atoms with Gasteiger partial charge in [0, 0.05) is 18.5 Å². The molecule has 6 nitrogen and oxygen atoms in total. The van der Waals surface area contributed by atoms with E-state index in [0.29, 0.717) is 5.76 Å². The molecular weight excluding hydrogens is 196 g/mol. The summed E-state index contributed by atoms with van der Waals surface area (Å²) in [7, 11) is 0. The summed E-state index contributed by atoms with van der Waals surface area (Å²) in [5.41, 5.74) is 0.208. The number of hydrogen-bond donors (Lipinski definition) is 1. The Kier molecular flexibility index (Phi) is 2.40. The van der Waals surface area contributed by atoms with Gasteiger partial charge in [0.15, 0.2) is 5.69 Å². The molecule has 1 amide bonds. The molecule has 0 atom stereocenters. The number of aryl methyl sites for hydroxylation is 1. The average molecular weight is 204 g/mol. The minimum atomic E-state index is -0.391. The van der Waals surface area contributed by atoms with Gasteiger partial charge in [-0.3, -0.25) is 10.1 Å². The van der Waals surface area contributed by atoms with Crippen molar-refractivity contribution < 1.29 is 9.32 Å². The summed E-state index contributed by atoms with van der Waals surface area (Å²) in [5, 5.41) is 6.06. The van der Waals surface area contributed by atoms with Gasteiger partial charge >= 0.3 is 0 Å². The monoisotopic (exact) mass is 204 g/mol. The lowest BCUT2D eigenvalue weighted by Crippen LogP contribution is -2.14. The fourth-order valence-electron chi connectivity index (χ4n) is 1.00. The van der Waals surface area contributed by atoms with Crippen molar-refractivity contribution >= 4 is 11.9 Å². The largest absolute Gasteiger partial charge is 0.361 e. The summed E-state index contributed by atoms with van der Waals surface area (Å²) in [6, 6.07) is 3.20. The van der Waals surface area contributed by atoms with E-state index < -0.39 is 5.91 Å². The summed E-state index contributed by atoms with van der Waals surface area (Å²) in [6.45, 7) is 1.71. The van der Waals surface area contributed by atoms with E-state index in [1.54, 1.807) is 13.0 Å². The van der Waals surface area contributed by atoms with Crippen molar-refractivity contribution in [2.24, 2.45) is 0 Å². The molecule has 0 aromatic carbocycles. The van der Waals surface area contributed by atoms with Gasteiger partial charge in [0.1, 0.15) is 5.76 Å². The van der Waals surface area contributed by atoms with E-state index in [0.717, 1.165) is 0 Å². The molecule has 0 aliphatic rings. The van der Waals surface area contributed by atoms with Crippen LogP contribution in [0.1, 0.15) is 16.2 Å². The third-order valence-electron chi connectivity index (χ3n) is 1.65. The first-order chi connectivity index (χ1) is 7.25. The van der Waals surface area contributed by atoms with E-state index in [-0.39, 0.29) is 11.6 Å². The lowest BCUT2D eigenvalue weighted by atomic mass is 10.3. The maximum absolute atomic E-state index is 11.5. The Morgan fingerprint density at radius 3 is 2.73 bits per heavy atom. The van der Waals surface area contributed by atoms with Gasteiger partial charge in [-0.25, -0.2) is 9.97 Å². The summed E-state index contributed by atoms with van der Waals surface area (Å²) < 4.78 is 4.77. The second-order valence-electron chi connectivity index (χ2n) is 2.85. The van der Waals surface area contributed by atoms with Crippen LogP contribution in [-0.2, 0) is 0 Å². The first kappa shape index (κ1) is 9.32. The SMILES string of the molecule is Cc1cc(C(=O)Nc2ncccn2)no1. The maximum atomic E-state index is 11.5. The number of anilines is 1. The van der Waals surface area contributed by atoms with Crippen LogP contribution >= 0.6 is 0 Å². The number of carbonyl (C=O) groups is 1. The lowest BCUT2D eigenvalue weighted by Gasteiger charge is -1.98. The summed E-state index contributed by atoms with van der Waals surface area (Å²) in [4.78, 5) is 19.2. The normalized spacial score (nSPS) is 9.93. The molecule has 0 aliphatic carbocycles. The molecule has 2 rings (SSSR count). The number of amides is 1. The number of hydrogen-bond acceptors (Lipinski definition) is 5. The molecule has 2 aromatic rings. The highest BCUT2D eigenvalue weighted by Gasteiger charge is 2.11. The van der Waals surface area contributed by atoms with Crippen molar-refractivity contribution in [2.75, 3.05) is 5.32 Å². The molecule has 15 heavy (non-hydrogen) atoms. The van der Waals surface area contributed by atoms with E-state index in [1.807, 2.05) is 0 Å². The van der Waals surface area contributed by atoms with Crippen molar-refractivity contribution in [1.29, 1.82) is 0 Å². The van der Waals surface area contributed by atoms with Crippen LogP contribution in [0.5, 0.6) is 0 Å². The van der Waals surface area contributed by atoms with Crippen LogP contribution < -0.4 is 5.32 Å². The Balaban J connectivity index is 2.11. The van der Waals surface area contributed by atoms with Gasteiger partial charge in [0.2, 0.25) is 5.95 Å². The van der Waals surface area contributed by atoms with Crippen molar-refractivity contribution in [3.05, 3.63) is 36.0 Å². The smallest absolute Gasteiger partial charge is 0.280 e. The fraction of sp³-hybridized carbons (Fsp3) is 0.111. The van der Waals surface area contributed by atoms with Crippen molar-refractivity contribution in [3.8, 4) is 0 Å². The third-order valence-corrected chi connectivity index (χ3v) is 1.65. The fourth-order valence-corrected chi connectivity index (χ4v) is 1.00. The van der Waals surface area contributed by atoms with Crippen LogP contribution in [0.25, 0.3) is 0 Å². The van der Waals surface area contributed by atoms with Gasteiger partial charge in [0.25, 0.3) is 5.91 Å². The van der Waals surface area contributed by atoms with Gasteiger partial charge in [-0.2, -0.15) is 0 Å². The average Bonchev–Trinajstić information content (AvgIpc) is 2.66. The van der Waals surface area contributed by atoms with E-state index in [9.17, 15) is 4.79 Å². The van der Waals surface area contributed by atoms with Gasteiger partial charge in [-0.15, -0.1) is 0 Å². The van der Waals surface area contributed by atoms with Crippen LogP contribution in [0.15, 0.2) is 29.0 Å². The molecule has 0 aliphatic heterocycles. The second kappa shape index (κ2) is 3.87. The second-order valence-corrected chi connectivity index (χ2v) is 2.85. The molecule has 2 aromatic heterocycles. The third kappa shape index (κ3) is 2.16. The van der Waals surface area contributed by atoms with E-state index in [1.165, 1.54) is 18.5 Å². The first-order valence-corrected chi connectivity index (χ1v) is 4.27.